The van der Waals surface area contributed by atoms with Crippen LogP contribution >= 0.6 is 0 Å². The van der Waals surface area contributed by atoms with Crippen LogP contribution in [0, 0.1) is 23.8 Å². The van der Waals surface area contributed by atoms with Crippen molar-refractivity contribution in [2.75, 3.05) is 0 Å². The van der Waals surface area contributed by atoms with Crippen molar-refractivity contribution in [2.24, 2.45) is 0 Å². The molecule has 0 aliphatic carbocycles. The number of rotatable bonds is 0. The third-order valence-electron chi connectivity index (χ3n) is 7.31. The zero-order valence-electron chi connectivity index (χ0n) is 22.2. The van der Waals surface area contributed by atoms with E-state index in [1.165, 1.54) is 0 Å². The van der Waals surface area contributed by atoms with Gasteiger partial charge in [-0.1, -0.05) is 83.9 Å². The van der Waals surface area contributed by atoms with E-state index in [1.54, 1.807) is 12.1 Å². The van der Waals surface area contributed by atoms with Gasteiger partial charge in [-0.25, -0.2) is 0 Å². The fraction of sp³-hybridized carbons (Fsp3) is 0.312. The summed E-state index contributed by atoms with van der Waals surface area (Å²) in [5.41, 5.74) is 2.84. The summed E-state index contributed by atoms with van der Waals surface area (Å²) in [7, 11) is 0. The summed E-state index contributed by atoms with van der Waals surface area (Å²) in [6.45, 7) is 13.8. The van der Waals surface area contributed by atoms with Crippen LogP contribution in [0.3, 0.4) is 0 Å². The third kappa shape index (κ3) is 4.48. The number of hydrogen-bond acceptors (Lipinski definition) is 2. The van der Waals surface area contributed by atoms with Gasteiger partial charge in [-0.05, 0) is 23.1 Å². The fourth-order valence-electron chi connectivity index (χ4n) is 4.91. The molecule has 0 unspecified atom stereocenters. The maximum absolute atomic E-state index is 16.0. The number of pyridine rings is 2. The van der Waals surface area contributed by atoms with E-state index in [2.05, 4.69) is 39.8 Å². The molecule has 5 heteroatoms. The van der Waals surface area contributed by atoms with Crippen molar-refractivity contribution in [3.63, 3.8) is 0 Å². The Hall–Kier alpha value is -2.71. The minimum absolute atomic E-state index is 0. The van der Waals surface area contributed by atoms with Crippen LogP contribution in [0.25, 0.3) is 22.5 Å². The topological polar surface area (TPSA) is 25.8 Å². The van der Waals surface area contributed by atoms with E-state index in [9.17, 15) is 0 Å². The maximum Gasteiger partial charge on any atom is 2.00 e. The Morgan fingerprint density at radius 3 is 1.46 bits per heavy atom. The Balaban J connectivity index is 0.00000320. The van der Waals surface area contributed by atoms with Crippen LogP contribution in [0.2, 0.25) is 0 Å². The van der Waals surface area contributed by atoms with Gasteiger partial charge in [0.25, 0.3) is 0 Å². The Bertz CT molecular complexity index is 1400. The molecule has 8 bridgehead atoms. The molecule has 0 saturated heterocycles. The monoisotopic (exact) mass is 675 g/mol. The smallest absolute Gasteiger partial charge is 0.291 e. The number of nitrogens with zero attached hydrogens (tertiary/aromatic N) is 2. The minimum Gasteiger partial charge on any atom is -0.291 e. The predicted molar refractivity (Wildman–Crippen MR) is 140 cm³/mol. The number of benzene rings is 2. The van der Waals surface area contributed by atoms with E-state index >= 15 is 8.78 Å². The van der Waals surface area contributed by atoms with E-state index in [4.69, 9.17) is 9.97 Å². The summed E-state index contributed by atoms with van der Waals surface area (Å²) < 4.78 is 32.1. The summed E-state index contributed by atoms with van der Waals surface area (Å²) >= 11 is 0. The number of halogens is 2. The van der Waals surface area contributed by atoms with Crippen LogP contribution < -0.4 is 0 Å². The van der Waals surface area contributed by atoms with Crippen molar-refractivity contribution in [1.29, 1.82) is 0 Å². The standard InChI is InChI=1S/C32H30F2N2.Pt/c1-30(2,3)27-28(33)21-18-22(29(27)34)24-14-10-16-26(36-24)32(6,7)20-12-8-11-19(17-20)31(4,5)25-15-9-13-23(21)35-25;/h8-16H,1-7H3;/q-2;+2. The van der Waals surface area contributed by atoms with Crippen LogP contribution in [0.5, 0.6) is 0 Å². The van der Waals surface area contributed by atoms with Crippen molar-refractivity contribution >= 4 is 0 Å². The second-order valence-corrected chi connectivity index (χ2v) is 11.7. The van der Waals surface area contributed by atoms with Crippen LogP contribution in [0.1, 0.15) is 76.5 Å². The quantitative estimate of drug-likeness (QED) is 0.177. The predicted octanol–water partition coefficient (Wildman–Crippen LogP) is 7.95. The average Bonchev–Trinajstić information content (AvgIpc) is 2.83. The number of fused-ring (bicyclic) bond motifs is 10. The largest absolute Gasteiger partial charge is 2.00 e. The van der Waals surface area contributed by atoms with Gasteiger partial charge in [-0.15, -0.1) is 6.07 Å². The molecular formula is C32H30F2N2Pt. The molecule has 3 heterocycles. The van der Waals surface area contributed by atoms with Gasteiger partial charge >= 0.3 is 21.1 Å². The molecule has 192 valence electrons. The second-order valence-electron chi connectivity index (χ2n) is 11.7. The van der Waals surface area contributed by atoms with E-state index in [1.807, 2.05) is 63.2 Å². The number of aromatic nitrogens is 2. The van der Waals surface area contributed by atoms with Crippen molar-refractivity contribution in [2.45, 2.75) is 64.7 Å². The van der Waals surface area contributed by atoms with Gasteiger partial charge in [0.2, 0.25) is 0 Å². The first kappa shape index (κ1) is 27.3. The van der Waals surface area contributed by atoms with E-state index in [0.717, 1.165) is 22.5 Å². The van der Waals surface area contributed by atoms with Gasteiger partial charge in [0.05, 0.1) is 11.6 Å². The molecule has 1 aliphatic heterocycles. The van der Waals surface area contributed by atoms with E-state index in [0.29, 0.717) is 11.4 Å². The average molecular weight is 676 g/mol. The third-order valence-corrected chi connectivity index (χ3v) is 7.31. The Labute approximate surface area is 232 Å². The fourth-order valence-corrected chi connectivity index (χ4v) is 4.91. The molecule has 0 fully saturated rings. The molecule has 4 aromatic rings. The van der Waals surface area contributed by atoms with Crippen LogP contribution in [-0.4, -0.2) is 9.97 Å². The summed E-state index contributed by atoms with van der Waals surface area (Å²) in [4.78, 5) is 9.77. The van der Waals surface area contributed by atoms with Crippen molar-refractivity contribution in [3.8, 4) is 22.5 Å². The Morgan fingerprint density at radius 1 is 0.649 bits per heavy atom. The van der Waals surface area contributed by atoms with Crippen molar-refractivity contribution in [1.82, 2.24) is 9.97 Å². The van der Waals surface area contributed by atoms with Crippen molar-refractivity contribution in [3.05, 3.63) is 106 Å². The second kappa shape index (κ2) is 9.24. The number of hydrogen-bond donors (Lipinski definition) is 0. The molecule has 37 heavy (non-hydrogen) atoms. The van der Waals surface area contributed by atoms with E-state index < -0.39 is 27.9 Å². The maximum atomic E-state index is 16.0. The zero-order valence-corrected chi connectivity index (χ0v) is 24.4. The molecule has 0 radical (unpaired) electrons. The zero-order chi connectivity index (χ0) is 26.0. The van der Waals surface area contributed by atoms with E-state index in [-0.39, 0.29) is 37.8 Å². The van der Waals surface area contributed by atoms with Gasteiger partial charge < -0.3 is 0 Å². The molecule has 0 spiro atoms. The molecule has 2 aromatic heterocycles. The van der Waals surface area contributed by atoms with Gasteiger partial charge in [-0.2, -0.15) is 35.4 Å². The van der Waals surface area contributed by atoms with Gasteiger partial charge in [-0.3, -0.25) is 18.7 Å². The Kier molecular flexibility index (Phi) is 6.82. The van der Waals surface area contributed by atoms with Crippen LogP contribution in [0.15, 0.2) is 54.6 Å². The molecular weight excluding hydrogens is 645 g/mol. The molecule has 0 atom stereocenters. The summed E-state index contributed by atoms with van der Waals surface area (Å²) in [6, 6.07) is 23.9. The molecule has 2 nitrogen and oxygen atoms in total. The Morgan fingerprint density at radius 2 is 1.05 bits per heavy atom. The molecule has 0 amide bonds. The molecule has 1 aliphatic rings. The summed E-state index contributed by atoms with van der Waals surface area (Å²) in [6.07, 6.45) is 0. The first-order valence-electron chi connectivity index (χ1n) is 12.3. The summed E-state index contributed by atoms with van der Waals surface area (Å²) in [5, 5.41) is 0. The molecule has 5 rings (SSSR count). The van der Waals surface area contributed by atoms with Crippen molar-refractivity contribution < 1.29 is 29.8 Å². The van der Waals surface area contributed by atoms with Gasteiger partial charge in [0.15, 0.2) is 0 Å². The molecule has 2 aromatic carbocycles. The summed E-state index contributed by atoms with van der Waals surface area (Å²) in [5.74, 6) is -1.27. The molecule has 0 saturated carbocycles. The van der Waals surface area contributed by atoms with Gasteiger partial charge in [0.1, 0.15) is 0 Å². The van der Waals surface area contributed by atoms with Crippen LogP contribution in [0.4, 0.5) is 8.78 Å². The minimum atomic E-state index is -0.779. The SMILES string of the molecule is CC(C)(C)c1c(F)c2[c-]c(c1F)-c1cccc(n1)C(C)(C)c1[c-]c(ccc1)C(C)(C)c1cccc-2n1.[Pt+2]. The first-order valence-corrected chi connectivity index (χ1v) is 12.3. The van der Waals surface area contributed by atoms with Gasteiger partial charge in [0, 0.05) is 33.6 Å². The molecule has 0 N–H and O–H groups in total. The normalized spacial score (nSPS) is 15.4. The van der Waals surface area contributed by atoms with Crippen LogP contribution in [-0.2, 0) is 37.3 Å². The first-order chi connectivity index (χ1) is 16.8.